The molecule has 1 N–H and O–H groups in total. The summed E-state index contributed by atoms with van der Waals surface area (Å²) < 4.78 is 2.66. The number of carbonyl (C=O) groups is 1. The first-order valence-electron chi connectivity index (χ1n) is 8.98. The van der Waals surface area contributed by atoms with Gasteiger partial charge >= 0.3 is 0 Å². The van der Waals surface area contributed by atoms with Crippen molar-refractivity contribution in [3.05, 3.63) is 51.8 Å². The molecule has 4 nitrogen and oxygen atoms in total. The predicted molar refractivity (Wildman–Crippen MR) is 106 cm³/mol. The predicted octanol–water partition coefficient (Wildman–Crippen LogP) is 5.30. The molecule has 1 amide bonds. The highest BCUT2D eigenvalue weighted by atomic mass is 79.9. The van der Waals surface area contributed by atoms with Crippen molar-refractivity contribution in [1.82, 2.24) is 15.1 Å². The van der Waals surface area contributed by atoms with Gasteiger partial charge in [-0.25, -0.2) is 0 Å². The van der Waals surface area contributed by atoms with Gasteiger partial charge in [0.1, 0.15) is 6.04 Å². The van der Waals surface area contributed by atoms with Crippen LogP contribution in [0.25, 0.3) is 0 Å². The van der Waals surface area contributed by atoms with Crippen LogP contribution in [0.1, 0.15) is 75.4 Å². The van der Waals surface area contributed by atoms with Gasteiger partial charge < -0.3 is 5.32 Å². The maximum Gasteiger partial charge on any atom is 0.245 e. The van der Waals surface area contributed by atoms with Gasteiger partial charge in [-0.2, -0.15) is 5.10 Å². The number of carbonyl (C=O) groups excluding carboxylic acids is 1. The lowest BCUT2D eigenvalue weighted by Crippen LogP contribution is -2.34. The van der Waals surface area contributed by atoms with Crippen LogP contribution in [0.4, 0.5) is 0 Å². The van der Waals surface area contributed by atoms with E-state index in [9.17, 15) is 4.79 Å². The van der Waals surface area contributed by atoms with Gasteiger partial charge in [-0.15, -0.1) is 0 Å². The Morgan fingerprint density at radius 1 is 1.16 bits per heavy atom. The van der Waals surface area contributed by atoms with Crippen molar-refractivity contribution < 1.29 is 4.79 Å². The lowest BCUT2D eigenvalue weighted by molar-refractivity contribution is -0.125. The van der Waals surface area contributed by atoms with Gasteiger partial charge in [0, 0.05) is 0 Å². The Balaban J connectivity index is 2.10. The first-order chi connectivity index (χ1) is 11.9. The first kappa shape index (κ1) is 19.7. The van der Waals surface area contributed by atoms with Gasteiger partial charge in [-0.1, -0.05) is 45.0 Å². The number of aromatic nitrogens is 2. The first-order valence-corrected chi connectivity index (χ1v) is 9.78. The van der Waals surface area contributed by atoms with Crippen LogP contribution in [-0.2, 0) is 4.79 Å². The van der Waals surface area contributed by atoms with Crippen LogP contribution in [0.15, 0.2) is 34.9 Å². The standard InChI is InChI=1S/C20H28BrN3O/c1-6-13(3)16-8-10-17(11-9-16)19(7-2)23-20(25)15(5)24-14(4)18(21)12-22-24/h8-13,15,19H,6-7H2,1-5H3,(H,23,25). The summed E-state index contributed by atoms with van der Waals surface area (Å²) >= 11 is 3.44. The van der Waals surface area contributed by atoms with Crippen molar-refractivity contribution in [3.8, 4) is 0 Å². The Kier molecular flexibility index (Phi) is 6.82. The Morgan fingerprint density at radius 3 is 2.24 bits per heavy atom. The summed E-state index contributed by atoms with van der Waals surface area (Å²) in [7, 11) is 0. The van der Waals surface area contributed by atoms with Gasteiger partial charge in [0.15, 0.2) is 0 Å². The highest BCUT2D eigenvalue weighted by Crippen LogP contribution is 2.24. The van der Waals surface area contributed by atoms with Gasteiger partial charge in [-0.05, 0) is 59.7 Å². The Labute approximate surface area is 159 Å². The van der Waals surface area contributed by atoms with Gasteiger partial charge in [-0.3, -0.25) is 9.48 Å². The highest BCUT2D eigenvalue weighted by molar-refractivity contribution is 9.10. The minimum absolute atomic E-state index is 0.0141. The summed E-state index contributed by atoms with van der Waals surface area (Å²) in [5.41, 5.74) is 3.44. The summed E-state index contributed by atoms with van der Waals surface area (Å²) in [4.78, 5) is 12.7. The van der Waals surface area contributed by atoms with E-state index in [4.69, 9.17) is 0 Å². The van der Waals surface area contributed by atoms with E-state index in [1.54, 1.807) is 10.9 Å². The monoisotopic (exact) mass is 405 g/mol. The summed E-state index contributed by atoms with van der Waals surface area (Å²) in [5, 5.41) is 7.46. The van der Waals surface area contributed by atoms with Crippen LogP contribution in [0, 0.1) is 6.92 Å². The molecule has 1 aromatic carbocycles. The molecule has 0 aliphatic rings. The van der Waals surface area contributed by atoms with E-state index in [-0.39, 0.29) is 18.0 Å². The van der Waals surface area contributed by atoms with Crippen molar-refractivity contribution in [2.24, 2.45) is 0 Å². The molecular weight excluding hydrogens is 378 g/mol. The summed E-state index contributed by atoms with van der Waals surface area (Å²) in [6.07, 6.45) is 3.70. The average Bonchev–Trinajstić information content (AvgIpc) is 2.97. The van der Waals surface area contributed by atoms with Crippen LogP contribution in [0.3, 0.4) is 0 Å². The zero-order valence-corrected chi connectivity index (χ0v) is 17.3. The molecule has 0 saturated heterocycles. The van der Waals surface area contributed by atoms with E-state index < -0.39 is 0 Å². The van der Waals surface area contributed by atoms with E-state index in [1.807, 2.05) is 13.8 Å². The Hall–Kier alpha value is -1.62. The lowest BCUT2D eigenvalue weighted by atomic mass is 9.95. The number of benzene rings is 1. The third-order valence-electron chi connectivity index (χ3n) is 4.98. The molecule has 3 atom stereocenters. The number of amides is 1. The molecular formula is C20H28BrN3O. The number of nitrogens with one attached hydrogen (secondary N) is 1. The van der Waals surface area contributed by atoms with Gasteiger partial charge in [0.25, 0.3) is 0 Å². The Bertz CT molecular complexity index is 708. The van der Waals surface area contributed by atoms with Crippen molar-refractivity contribution in [3.63, 3.8) is 0 Å². The van der Waals surface area contributed by atoms with Crippen LogP contribution in [0.2, 0.25) is 0 Å². The zero-order chi connectivity index (χ0) is 18.6. The second-order valence-corrected chi connectivity index (χ2v) is 7.50. The van der Waals surface area contributed by atoms with Crippen LogP contribution >= 0.6 is 15.9 Å². The largest absolute Gasteiger partial charge is 0.347 e. The lowest BCUT2D eigenvalue weighted by Gasteiger charge is -2.22. The van der Waals surface area contributed by atoms with Crippen molar-refractivity contribution >= 4 is 21.8 Å². The molecule has 25 heavy (non-hydrogen) atoms. The number of halogens is 1. The Morgan fingerprint density at radius 2 is 1.76 bits per heavy atom. The normalized spacial score (nSPS) is 14.8. The van der Waals surface area contributed by atoms with Crippen LogP contribution < -0.4 is 5.32 Å². The van der Waals surface area contributed by atoms with Crippen LogP contribution in [0.5, 0.6) is 0 Å². The van der Waals surface area contributed by atoms with Crippen molar-refractivity contribution in [2.75, 3.05) is 0 Å². The SMILES string of the molecule is CCC(C)c1ccc(C(CC)NC(=O)C(C)n2ncc(Br)c2C)cc1. The third kappa shape index (κ3) is 4.51. The molecule has 1 aromatic heterocycles. The molecule has 0 bridgehead atoms. The van der Waals surface area contributed by atoms with Gasteiger partial charge in [0.2, 0.25) is 5.91 Å². The molecule has 2 aromatic rings. The van der Waals surface area contributed by atoms with Crippen LogP contribution in [-0.4, -0.2) is 15.7 Å². The molecule has 0 spiro atoms. The molecule has 3 unspecified atom stereocenters. The molecule has 0 aliphatic carbocycles. The molecule has 1 heterocycles. The maximum absolute atomic E-state index is 12.7. The van der Waals surface area contributed by atoms with E-state index in [0.29, 0.717) is 5.92 Å². The second kappa shape index (κ2) is 8.65. The van der Waals surface area contributed by atoms with E-state index in [1.165, 1.54) is 5.56 Å². The molecule has 0 aliphatic heterocycles. The minimum atomic E-state index is -0.347. The maximum atomic E-state index is 12.7. The zero-order valence-electron chi connectivity index (χ0n) is 15.7. The minimum Gasteiger partial charge on any atom is -0.347 e. The summed E-state index contributed by atoms with van der Waals surface area (Å²) in [6.45, 7) is 10.4. The fourth-order valence-corrected chi connectivity index (χ4v) is 3.18. The van der Waals surface area contributed by atoms with Gasteiger partial charge in [0.05, 0.1) is 22.4 Å². The average molecular weight is 406 g/mol. The summed E-state index contributed by atoms with van der Waals surface area (Å²) in [6, 6.07) is 8.29. The molecule has 0 saturated carbocycles. The van der Waals surface area contributed by atoms with E-state index in [0.717, 1.165) is 28.6 Å². The number of hydrogen-bond acceptors (Lipinski definition) is 2. The smallest absolute Gasteiger partial charge is 0.245 e. The quantitative estimate of drug-likeness (QED) is 0.679. The number of rotatable bonds is 7. The molecule has 0 radical (unpaired) electrons. The summed E-state index contributed by atoms with van der Waals surface area (Å²) in [5.74, 6) is 0.543. The van der Waals surface area contributed by atoms with E-state index in [2.05, 4.69) is 71.4 Å². The third-order valence-corrected chi connectivity index (χ3v) is 5.75. The van der Waals surface area contributed by atoms with Crippen molar-refractivity contribution in [1.29, 1.82) is 0 Å². The van der Waals surface area contributed by atoms with Crippen molar-refractivity contribution in [2.45, 2.75) is 65.5 Å². The topological polar surface area (TPSA) is 46.9 Å². The molecule has 136 valence electrons. The molecule has 2 rings (SSSR count). The second-order valence-electron chi connectivity index (χ2n) is 6.64. The molecule has 5 heteroatoms. The fourth-order valence-electron chi connectivity index (χ4n) is 2.91. The van der Waals surface area contributed by atoms with E-state index >= 15 is 0 Å². The molecule has 0 fully saturated rings. The number of hydrogen-bond donors (Lipinski definition) is 1. The fraction of sp³-hybridized carbons (Fsp3) is 0.500. The number of nitrogens with zero attached hydrogens (tertiary/aromatic N) is 2. The highest BCUT2D eigenvalue weighted by Gasteiger charge is 2.21.